The fourth-order valence-corrected chi connectivity index (χ4v) is 4.16. The molecule has 0 aliphatic heterocycles. The molecule has 3 heterocycles. The number of aryl methyl sites for hydroxylation is 1. The average Bonchev–Trinajstić information content (AvgIpc) is 3.52. The first kappa shape index (κ1) is 19.6. The lowest BCUT2D eigenvalue weighted by molar-refractivity contribution is -0.384. The van der Waals surface area contributed by atoms with Crippen LogP contribution in [0.1, 0.15) is 16.4 Å². The van der Waals surface area contributed by atoms with Gasteiger partial charge in [-0.3, -0.25) is 14.9 Å². The Kier molecular flexibility index (Phi) is 4.71. The Morgan fingerprint density at radius 1 is 1.06 bits per heavy atom. The average molecular weight is 446 g/mol. The molecule has 2 aromatic carbocycles. The van der Waals surface area contributed by atoms with Gasteiger partial charge in [0.1, 0.15) is 10.8 Å². The summed E-state index contributed by atoms with van der Waals surface area (Å²) in [5, 5.41) is 27.4. The SMILES string of the molecule is Cc1nnc2sc(-c3ccccc3NC(=O)c3ccc(-c4ccccc4[N+](=O)[O-])o3)nn12. The van der Waals surface area contributed by atoms with Crippen LogP contribution in [0, 0.1) is 17.0 Å². The Hall–Kier alpha value is -4.38. The number of hydrogen-bond donors (Lipinski definition) is 1. The van der Waals surface area contributed by atoms with E-state index in [-0.39, 0.29) is 17.2 Å². The lowest BCUT2D eigenvalue weighted by Gasteiger charge is -2.08. The van der Waals surface area contributed by atoms with E-state index in [1.807, 2.05) is 19.1 Å². The molecular formula is C21H14N6O4S. The molecule has 0 radical (unpaired) electrons. The normalized spacial score (nSPS) is 11.0. The van der Waals surface area contributed by atoms with Gasteiger partial charge in [-0.2, -0.15) is 9.61 Å². The van der Waals surface area contributed by atoms with Gasteiger partial charge in [0.15, 0.2) is 11.6 Å². The van der Waals surface area contributed by atoms with E-state index in [4.69, 9.17) is 4.42 Å². The van der Waals surface area contributed by atoms with E-state index < -0.39 is 10.8 Å². The molecule has 0 unspecified atom stereocenters. The van der Waals surface area contributed by atoms with Crippen LogP contribution < -0.4 is 5.32 Å². The maximum absolute atomic E-state index is 12.9. The molecular weight excluding hydrogens is 432 g/mol. The van der Waals surface area contributed by atoms with Crippen LogP contribution in [0.25, 0.3) is 26.9 Å². The summed E-state index contributed by atoms with van der Waals surface area (Å²) < 4.78 is 7.28. The van der Waals surface area contributed by atoms with E-state index in [0.717, 1.165) is 5.56 Å². The summed E-state index contributed by atoms with van der Waals surface area (Å²) in [6.07, 6.45) is 0. The molecule has 0 fully saturated rings. The first-order valence-electron chi connectivity index (χ1n) is 9.44. The number of carbonyl (C=O) groups excluding carboxylic acids is 1. The Morgan fingerprint density at radius 2 is 1.81 bits per heavy atom. The number of nitro groups is 1. The molecule has 5 aromatic rings. The van der Waals surface area contributed by atoms with Crippen molar-refractivity contribution in [2.45, 2.75) is 6.92 Å². The molecule has 32 heavy (non-hydrogen) atoms. The summed E-state index contributed by atoms with van der Waals surface area (Å²) in [6.45, 7) is 1.81. The predicted molar refractivity (Wildman–Crippen MR) is 118 cm³/mol. The first-order valence-corrected chi connectivity index (χ1v) is 10.3. The number of anilines is 1. The third-order valence-electron chi connectivity index (χ3n) is 4.75. The molecule has 3 aromatic heterocycles. The van der Waals surface area contributed by atoms with Gasteiger partial charge in [0.05, 0.1) is 16.2 Å². The van der Waals surface area contributed by atoms with Gasteiger partial charge in [0, 0.05) is 11.6 Å². The number of furan rings is 1. The smallest absolute Gasteiger partial charge is 0.291 e. The predicted octanol–water partition coefficient (Wildman–Crippen LogP) is 4.58. The fourth-order valence-electron chi connectivity index (χ4n) is 3.23. The van der Waals surface area contributed by atoms with Crippen LogP contribution in [0.4, 0.5) is 11.4 Å². The highest BCUT2D eigenvalue weighted by atomic mass is 32.1. The van der Waals surface area contributed by atoms with Crippen molar-refractivity contribution in [3.8, 4) is 21.9 Å². The molecule has 158 valence electrons. The largest absolute Gasteiger partial charge is 0.451 e. The molecule has 10 nitrogen and oxygen atoms in total. The lowest BCUT2D eigenvalue weighted by atomic mass is 10.1. The number of fused-ring (bicyclic) bond motifs is 1. The number of nitro benzene ring substituents is 1. The summed E-state index contributed by atoms with van der Waals surface area (Å²) in [4.78, 5) is 24.3. The molecule has 0 atom stereocenters. The molecule has 5 rings (SSSR count). The van der Waals surface area contributed by atoms with Crippen LogP contribution >= 0.6 is 11.3 Å². The summed E-state index contributed by atoms with van der Waals surface area (Å²) in [5.41, 5.74) is 1.47. The van der Waals surface area contributed by atoms with E-state index in [0.29, 0.717) is 27.0 Å². The molecule has 0 saturated carbocycles. The summed E-state index contributed by atoms with van der Waals surface area (Å²) in [6, 6.07) is 16.5. The molecule has 0 spiro atoms. The molecule has 0 aliphatic carbocycles. The Morgan fingerprint density at radius 3 is 2.59 bits per heavy atom. The number of benzene rings is 2. The van der Waals surface area contributed by atoms with Gasteiger partial charge < -0.3 is 9.73 Å². The maximum Gasteiger partial charge on any atom is 0.291 e. The highest BCUT2D eigenvalue weighted by Gasteiger charge is 2.20. The van der Waals surface area contributed by atoms with Crippen LogP contribution in [0.15, 0.2) is 65.1 Å². The molecule has 0 bridgehead atoms. The summed E-state index contributed by atoms with van der Waals surface area (Å²) in [5.74, 6) is 0.449. The van der Waals surface area contributed by atoms with Crippen LogP contribution in [-0.4, -0.2) is 30.6 Å². The zero-order chi connectivity index (χ0) is 22.2. The number of rotatable bonds is 5. The summed E-state index contributed by atoms with van der Waals surface area (Å²) in [7, 11) is 0. The third-order valence-corrected chi connectivity index (χ3v) is 5.68. The van der Waals surface area contributed by atoms with Crippen LogP contribution in [0.5, 0.6) is 0 Å². The highest BCUT2D eigenvalue weighted by molar-refractivity contribution is 7.19. The fraction of sp³-hybridized carbons (Fsp3) is 0.0476. The van der Waals surface area contributed by atoms with Crippen molar-refractivity contribution in [1.29, 1.82) is 0 Å². The molecule has 0 aliphatic rings. The number of aromatic nitrogens is 4. The number of nitrogens with one attached hydrogen (secondary N) is 1. The molecule has 11 heteroatoms. The van der Waals surface area contributed by atoms with Gasteiger partial charge in [-0.15, -0.1) is 10.2 Å². The lowest BCUT2D eigenvalue weighted by Crippen LogP contribution is -2.11. The van der Waals surface area contributed by atoms with Crippen molar-refractivity contribution in [1.82, 2.24) is 19.8 Å². The van der Waals surface area contributed by atoms with E-state index in [2.05, 4.69) is 20.6 Å². The minimum absolute atomic E-state index is 0.0296. The van der Waals surface area contributed by atoms with Crippen LogP contribution in [-0.2, 0) is 0 Å². The van der Waals surface area contributed by atoms with Crippen molar-refractivity contribution in [2.75, 3.05) is 5.32 Å². The van der Waals surface area contributed by atoms with Crippen molar-refractivity contribution >= 4 is 33.6 Å². The number of para-hydroxylation sites is 2. The van der Waals surface area contributed by atoms with Crippen molar-refractivity contribution < 1.29 is 14.1 Å². The van der Waals surface area contributed by atoms with Crippen LogP contribution in [0.3, 0.4) is 0 Å². The quantitative estimate of drug-likeness (QED) is 0.309. The Bertz CT molecular complexity index is 1480. The molecule has 1 amide bonds. The van der Waals surface area contributed by atoms with Gasteiger partial charge in [0.25, 0.3) is 11.6 Å². The number of carbonyl (C=O) groups is 1. The van der Waals surface area contributed by atoms with Crippen molar-refractivity contribution in [2.24, 2.45) is 0 Å². The van der Waals surface area contributed by atoms with E-state index >= 15 is 0 Å². The number of amides is 1. The Labute approximate surface area is 184 Å². The van der Waals surface area contributed by atoms with Gasteiger partial charge >= 0.3 is 0 Å². The zero-order valence-corrected chi connectivity index (χ0v) is 17.4. The van der Waals surface area contributed by atoms with Crippen molar-refractivity contribution in [3.63, 3.8) is 0 Å². The van der Waals surface area contributed by atoms with E-state index in [1.165, 1.54) is 29.5 Å². The highest BCUT2D eigenvalue weighted by Crippen LogP contribution is 2.33. The van der Waals surface area contributed by atoms with Crippen LogP contribution in [0.2, 0.25) is 0 Å². The van der Waals surface area contributed by atoms with Gasteiger partial charge in [-0.25, -0.2) is 0 Å². The number of nitrogens with zero attached hydrogens (tertiary/aromatic N) is 5. The van der Waals surface area contributed by atoms with Gasteiger partial charge in [-0.1, -0.05) is 35.6 Å². The monoisotopic (exact) mass is 446 g/mol. The first-order chi connectivity index (χ1) is 15.5. The minimum Gasteiger partial charge on any atom is -0.451 e. The third kappa shape index (κ3) is 3.40. The van der Waals surface area contributed by atoms with E-state index in [1.54, 1.807) is 34.8 Å². The maximum atomic E-state index is 12.9. The second kappa shape index (κ2) is 7.71. The standard InChI is InChI=1S/C21H14N6O4S/c1-12-23-24-21-26(12)25-20(32-21)13-6-2-4-8-15(13)22-19(28)18-11-10-17(31-18)14-7-3-5-9-16(14)27(29)30/h2-11H,1H3,(H,22,28). The molecule has 1 N–H and O–H groups in total. The van der Waals surface area contributed by atoms with E-state index in [9.17, 15) is 14.9 Å². The second-order valence-corrected chi connectivity index (χ2v) is 7.74. The Balaban J connectivity index is 1.44. The second-order valence-electron chi connectivity index (χ2n) is 6.79. The number of hydrogen-bond acceptors (Lipinski definition) is 8. The zero-order valence-electron chi connectivity index (χ0n) is 16.6. The van der Waals surface area contributed by atoms with Gasteiger partial charge in [-0.05, 0) is 37.3 Å². The van der Waals surface area contributed by atoms with Gasteiger partial charge in [0.2, 0.25) is 4.96 Å². The van der Waals surface area contributed by atoms with Crippen molar-refractivity contribution in [3.05, 3.63) is 82.4 Å². The topological polar surface area (TPSA) is 128 Å². The molecule has 0 saturated heterocycles. The minimum atomic E-state index is -0.490. The summed E-state index contributed by atoms with van der Waals surface area (Å²) >= 11 is 1.35.